The molecule has 20 heavy (non-hydrogen) atoms. The van der Waals surface area contributed by atoms with E-state index in [1.54, 1.807) is 6.92 Å². The summed E-state index contributed by atoms with van der Waals surface area (Å²) < 4.78 is 0. The highest BCUT2D eigenvalue weighted by Gasteiger charge is 2.17. The lowest BCUT2D eigenvalue weighted by Gasteiger charge is -2.11. The van der Waals surface area contributed by atoms with Crippen LogP contribution >= 0.6 is 0 Å². The lowest BCUT2D eigenvalue weighted by molar-refractivity contribution is 0.0696. The molecule has 1 aromatic carbocycles. The Morgan fingerprint density at radius 1 is 1.25 bits per heavy atom. The SMILES string of the molecule is CCC(C)c1ccc(-c2ncnc(C)c2C(=O)O)cc1. The molecule has 1 unspecified atom stereocenters. The molecule has 0 fully saturated rings. The third-order valence-corrected chi connectivity index (χ3v) is 3.62. The maximum atomic E-state index is 11.4. The fraction of sp³-hybridized carbons (Fsp3) is 0.312. The summed E-state index contributed by atoms with van der Waals surface area (Å²) in [7, 11) is 0. The van der Waals surface area contributed by atoms with Gasteiger partial charge in [-0.1, -0.05) is 38.1 Å². The van der Waals surface area contributed by atoms with Crippen molar-refractivity contribution in [3.8, 4) is 11.3 Å². The van der Waals surface area contributed by atoms with Crippen molar-refractivity contribution in [2.45, 2.75) is 33.1 Å². The summed E-state index contributed by atoms with van der Waals surface area (Å²) in [6.45, 7) is 6.00. The molecule has 1 heterocycles. The van der Waals surface area contributed by atoms with Gasteiger partial charge in [-0.3, -0.25) is 0 Å². The second kappa shape index (κ2) is 5.82. The molecular weight excluding hydrogens is 252 g/mol. The fourth-order valence-electron chi connectivity index (χ4n) is 2.15. The van der Waals surface area contributed by atoms with Gasteiger partial charge in [0.15, 0.2) is 0 Å². The first-order chi connectivity index (χ1) is 9.54. The van der Waals surface area contributed by atoms with Gasteiger partial charge < -0.3 is 5.11 Å². The molecule has 4 heteroatoms. The molecule has 0 radical (unpaired) electrons. The lowest BCUT2D eigenvalue weighted by Crippen LogP contribution is -2.06. The van der Waals surface area contributed by atoms with Crippen LogP contribution in [0, 0.1) is 6.92 Å². The monoisotopic (exact) mass is 270 g/mol. The first-order valence-corrected chi connectivity index (χ1v) is 6.69. The molecule has 104 valence electrons. The number of aromatic carboxylic acids is 1. The number of nitrogens with zero attached hydrogens (tertiary/aromatic N) is 2. The van der Waals surface area contributed by atoms with Crippen molar-refractivity contribution in [3.63, 3.8) is 0 Å². The number of benzene rings is 1. The number of aromatic nitrogens is 2. The van der Waals surface area contributed by atoms with Gasteiger partial charge >= 0.3 is 5.97 Å². The number of hydrogen-bond acceptors (Lipinski definition) is 3. The van der Waals surface area contributed by atoms with Crippen LogP contribution in [-0.2, 0) is 0 Å². The number of hydrogen-bond donors (Lipinski definition) is 1. The Morgan fingerprint density at radius 2 is 1.90 bits per heavy atom. The number of rotatable bonds is 4. The number of carbonyl (C=O) groups is 1. The van der Waals surface area contributed by atoms with Gasteiger partial charge in [0.2, 0.25) is 0 Å². The van der Waals surface area contributed by atoms with Crippen LogP contribution in [0.1, 0.15) is 47.8 Å². The number of carboxylic acids is 1. The zero-order valence-electron chi connectivity index (χ0n) is 11.9. The Balaban J connectivity index is 2.47. The fourth-order valence-corrected chi connectivity index (χ4v) is 2.15. The van der Waals surface area contributed by atoms with Crippen LogP contribution in [0.25, 0.3) is 11.3 Å². The highest BCUT2D eigenvalue weighted by Crippen LogP contribution is 2.26. The second-order valence-corrected chi connectivity index (χ2v) is 4.92. The summed E-state index contributed by atoms with van der Waals surface area (Å²) >= 11 is 0. The molecule has 4 nitrogen and oxygen atoms in total. The summed E-state index contributed by atoms with van der Waals surface area (Å²) in [5.74, 6) is -0.501. The molecule has 0 aliphatic rings. The molecule has 0 saturated heterocycles. The molecule has 0 spiro atoms. The molecule has 0 amide bonds. The molecule has 1 atom stereocenters. The smallest absolute Gasteiger partial charge is 0.339 e. The van der Waals surface area contributed by atoms with Crippen LogP contribution in [0.4, 0.5) is 0 Å². The highest BCUT2D eigenvalue weighted by molar-refractivity contribution is 5.95. The first kappa shape index (κ1) is 14.2. The van der Waals surface area contributed by atoms with Gasteiger partial charge in [-0.05, 0) is 24.8 Å². The zero-order valence-corrected chi connectivity index (χ0v) is 11.9. The second-order valence-electron chi connectivity index (χ2n) is 4.92. The topological polar surface area (TPSA) is 63.1 Å². The third kappa shape index (κ3) is 2.69. The van der Waals surface area contributed by atoms with E-state index in [0.717, 1.165) is 12.0 Å². The van der Waals surface area contributed by atoms with Gasteiger partial charge in [0.1, 0.15) is 11.9 Å². The van der Waals surface area contributed by atoms with E-state index in [0.29, 0.717) is 17.3 Å². The lowest BCUT2D eigenvalue weighted by atomic mass is 9.96. The standard InChI is InChI=1S/C16H18N2O2/c1-4-10(2)12-5-7-13(8-6-12)15-14(16(19)20)11(3)17-9-18-15/h5-10H,4H2,1-3H3,(H,19,20). The summed E-state index contributed by atoms with van der Waals surface area (Å²) in [4.78, 5) is 19.4. The molecule has 0 aliphatic heterocycles. The van der Waals surface area contributed by atoms with Crippen LogP contribution in [0.15, 0.2) is 30.6 Å². The van der Waals surface area contributed by atoms with Crippen LogP contribution < -0.4 is 0 Å². The van der Waals surface area contributed by atoms with Crippen LogP contribution in [0.2, 0.25) is 0 Å². The molecule has 0 bridgehead atoms. The Kier molecular flexibility index (Phi) is 4.13. The molecule has 2 aromatic rings. The van der Waals surface area contributed by atoms with E-state index in [1.165, 1.54) is 11.9 Å². The van der Waals surface area contributed by atoms with Crippen molar-refractivity contribution in [1.82, 2.24) is 9.97 Å². The first-order valence-electron chi connectivity index (χ1n) is 6.69. The van der Waals surface area contributed by atoms with Crippen molar-refractivity contribution in [3.05, 3.63) is 47.4 Å². The molecule has 0 aliphatic carbocycles. The van der Waals surface area contributed by atoms with E-state index in [-0.39, 0.29) is 5.56 Å². The van der Waals surface area contributed by atoms with Gasteiger partial charge in [-0.25, -0.2) is 14.8 Å². The van der Waals surface area contributed by atoms with E-state index in [1.807, 2.05) is 24.3 Å². The minimum absolute atomic E-state index is 0.170. The predicted molar refractivity (Wildman–Crippen MR) is 77.9 cm³/mol. The molecule has 2 rings (SSSR count). The van der Waals surface area contributed by atoms with Crippen molar-refractivity contribution >= 4 is 5.97 Å². The Labute approximate surface area is 118 Å². The summed E-state index contributed by atoms with van der Waals surface area (Å²) in [5, 5.41) is 9.31. The molecule has 1 N–H and O–H groups in total. The number of aryl methyl sites for hydroxylation is 1. The van der Waals surface area contributed by atoms with Gasteiger partial charge in [0, 0.05) is 5.56 Å². The largest absolute Gasteiger partial charge is 0.478 e. The minimum Gasteiger partial charge on any atom is -0.478 e. The van der Waals surface area contributed by atoms with Gasteiger partial charge in [-0.15, -0.1) is 0 Å². The molecule has 1 aromatic heterocycles. The maximum absolute atomic E-state index is 11.4. The summed E-state index contributed by atoms with van der Waals surface area (Å²) in [6.07, 6.45) is 2.48. The van der Waals surface area contributed by atoms with Crippen molar-refractivity contribution in [2.24, 2.45) is 0 Å². The van der Waals surface area contributed by atoms with E-state index in [4.69, 9.17) is 0 Å². The van der Waals surface area contributed by atoms with Gasteiger partial charge in [-0.2, -0.15) is 0 Å². The van der Waals surface area contributed by atoms with E-state index < -0.39 is 5.97 Å². The Bertz CT molecular complexity index is 621. The van der Waals surface area contributed by atoms with E-state index >= 15 is 0 Å². The number of carboxylic acid groups (broad SMARTS) is 1. The van der Waals surface area contributed by atoms with E-state index in [2.05, 4.69) is 23.8 Å². The van der Waals surface area contributed by atoms with Crippen LogP contribution in [0.5, 0.6) is 0 Å². The minimum atomic E-state index is -0.996. The van der Waals surface area contributed by atoms with Gasteiger partial charge in [0.25, 0.3) is 0 Å². The highest BCUT2D eigenvalue weighted by atomic mass is 16.4. The van der Waals surface area contributed by atoms with Crippen LogP contribution in [-0.4, -0.2) is 21.0 Å². The van der Waals surface area contributed by atoms with E-state index in [9.17, 15) is 9.90 Å². The third-order valence-electron chi connectivity index (χ3n) is 3.62. The van der Waals surface area contributed by atoms with Crippen molar-refractivity contribution < 1.29 is 9.90 Å². The normalized spacial score (nSPS) is 12.2. The van der Waals surface area contributed by atoms with Crippen molar-refractivity contribution in [2.75, 3.05) is 0 Å². The Hall–Kier alpha value is -2.23. The quantitative estimate of drug-likeness (QED) is 0.920. The predicted octanol–water partition coefficient (Wildman–Crippen LogP) is 3.66. The average molecular weight is 270 g/mol. The maximum Gasteiger partial charge on any atom is 0.339 e. The summed E-state index contributed by atoms with van der Waals surface area (Å²) in [6, 6.07) is 7.92. The average Bonchev–Trinajstić information content (AvgIpc) is 2.46. The molecular formula is C16H18N2O2. The van der Waals surface area contributed by atoms with Gasteiger partial charge in [0.05, 0.1) is 11.4 Å². The van der Waals surface area contributed by atoms with Crippen molar-refractivity contribution in [1.29, 1.82) is 0 Å². The summed E-state index contributed by atoms with van der Waals surface area (Å²) in [5.41, 5.74) is 3.18. The van der Waals surface area contributed by atoms with Crippen LogP contribution in [0.3, 0.4) is 0 Å². The molecule has 0 saturated carbocycles. The Morgan fingerprint density at radius 3 is 2.45 bits per heavy atom. The zero-order chi connectivity index (χ0) is 14.7.